The average Bonchev–Trinajstić information content (AvgIpc) is 2.56. The Morgan fingerprint density at radius 3 is 2.57 bits per heavy atom. The van der Waals surface area contributed by atoms with Crippen molar-refractivity contribution >= 4 is 11.7 Å². The van der Waals surface area contributed by atoms with Crippen molar-refractivity contribution in [2.24, 2.45) is 0 Å². The minimum atomic E-state index is 0.168. The van der Waals surface area contributed by atoms with Crippen molar-refractivity contribution in [3.63, 3.8) is 0 Å². The summed E-state index contributed by atoms with van der Waals surface area (Å²) in [6, 6.07) is 0.305. The van der Waals surface area contributed by atoms with Crippen LogP contribution in [0.1, 0.15) is 30.7 Å². The number of rotatable bonds is 6. The minimum absolute atomic E-state index is 0.168. The molecule has 0 bridgehead atoms. The summed E-state index contributed by atoms with van der Waals surface area (Å²) in [5.41, 5.74) is 0.914. The standard InChI is InChI=1S/C16H26N4O3/c1-11-15(17-12(2)18-16(11)23-4)19-13-5-8-20(9-6-13)14(21)7-10-22-3/h13H,5-10H2,1-4H3,(H,17,18,19). The Bertz CT molecular complexity index is 542. The van der Waals surface area contributed by atoms with Crippen molar-refractivity contribution in [3.05, 3.63) is 11.4 Å². The first-order chi connectivity index (χ1) is 11.0. The van der Waals surface area contributed by atoms with E-state index in [1.165, 1.54) is 0 Å². The van der Waals surface area contributed by atoms with E-state index in [-0.39, 0.29) is 5.91 Å². The van der Waals surface area contributed by atoms with E-state index in [0.717, 1.165) is 37.3 Å². The Hall–Kier alpha value is -1.89. The number of anilines is 1. The summed E-state index contributed by atoms with van der Waals surface area (Å²) in [6.45, 7) is 5.81. The van der Waals surface area contributed by atoms with E-state index in [2.05, 4.69) is 15.3 Å². The summed E-state index contributed by atoms with van der Waals surface area (Å²) in [4.78, 5) is 22.6. The number of carbonyl (C=O) groups is 1. The van der Waals surface area contributed by atoms with Gasteiger partial charge >= 0.3 is 0 Å². The first-order valence-corrected chi connectivity index (χ1v) is 7.97. The number of piperidine rings is 1. The Balaban J connectivity index is 1.92. The zero-order chi connectivity index (χ0) is 16.8. The fourth-order valence-electron chi connectivity index (χ4n) is 2.76. The van der Waals surface area contributed by atoms with Crippen molar-refractivity contribution in [1.82, 2.24) is 14.9 Å². The number of carbonyl (C=O) groups excluding carboxylic acids is 1. The average molecular weight is 322 g/mol. The summed E-state index contributed by atoms with van der Waals surface area (Å²) in [7, 11) is 3.23. The fourth-order valence-corrected chi connectivity index (χ4v) is 2.76. The van der Waals surface area contributed by atoms with Crippen molar-refractivity contribution in [2.45, 2.75) is 39.2 Å². The predicted octanol–water partition coefficient (Wildman–Crippen LogP) is 1.54. The van der Waals surface area contributed by atoms with Crippen molar-refractivity contribution in [2.75, 3.05) is 39.2 Å². The van der Waals surface area contributed by atoms with E-state index in [4.69, 9.17) is 9.47 Å². The molecule has 23 heavy (non-hydrogen) atoms. The Kier molecular flexibility index (Phi) is 6.15. The molecule has 1 fully saturated rings. The number of nitrogens with zero attached hydrogens (tertiary/aromatic N) is 3. The SMILES string of the molecule is COCCC(=O)N1CCC(Nc2nc(C)nc(OC)c2C)CC1. The number of nitrogens with one attached hydrogen (secondary N) is 1. The zero-order valence-electron chi connectivity index (χ0n) is 14.4. The molecule has 0 aliphatic carbocycles. The largest absolute Gasteiger partial charge is 0.481 e. The Morgan fingerprint density at radius 2 is 1.96 bits per heavy atom. The lowest BCUT2D eigenvalue weighted by molar-refractivity contribution is -0.133. The first-order valence-electron chi connectivity index (χ1n) is 7.97. The third kappa shape index (κ3) is 4.54. The predicted molar refractivity (Wildman–Crippen MR) is 87.8 cm³/mol. The maximum atomic E-state index is 12.0. The molecule has 0 spiro atoms. The number of aryl methyl sites for hydroxylation is 1. The molecule has 2 heterocycles. The van der Waals surface area contributed by atoms with E-state index in [1.54, 1.807) is 14.2 Å². The van der Waals surface area contributed by atoms with Gasteiger partial charge in [0.05, 0.1) is 25.7 Å². The van der Waals surface area contributed by atoms with Crippen LogP contribution in [0.15, 0.2) is 0 Å². The van der Waals surface area contributed by atoms with Crippen molar-refractivity contribution < 1.29 is 14.3 Å². The maximum Gasteiger partial charge on any atom is 0.224 e. The number of methoxy groups -OCH3 is 2. The molecule has 0 atom stereocenters. The molecule has 7 nitrogen and oxygen atoms in total. The molecular formula is C16H26N4O3. The lowest BCUT2D eigenvalue weighted by Gasteiger charge is -2.33. The Labute approximate surface area is 137 Å². The molecule has 128 valence electrons. The highest BCUT2D eigenvalue weighted by atomic mass is 16.5. The van der Waals surface area contributed by atoms with Crippen LogP contribution >= 0.6 is 0 Å². The second-order valence-electron chi connectivity index (χ2n) is 5.80. The number of hydrogen-bond donors (Lipinski definition) is 1. The summed E-state index contributed by atoms with van der Waals surface area (Å²) >= 11 is 0. The van der Waals surface area contributed by atoms with Crippen LogP contribution in [-0.4, -0.2) is 60.7 Å². The molecule has 0 radical (unpaired) electrons. The molecule has 1 amide bonds. The van der Waals surface area contributed by atoms with E-state index in [9.17, 15) is 4.79 Å². The summed E-state index contributed by atoms with van der Waals surface area (Å²) in [6.07, 6.45) is 2.27. The van der Waals surface area contributed by atoms with Gasteiger partial charge in [-0.2, -0.15) is 4.98 Å². The second kappa shape index (κ2) is 8.10. The van der Waals surface area contributed by atoms with Crippen LogP contribution in [0.5, 0.6) is 5.88 Å². The van der Waals surface area contributed by atoms with Gasteiger partial charge in [-0.25, -0.2) is 4.98 Å². The van der Waals surface area contributed by atoms with E-state index in [1.807, 2.05) is 18.7 Å². The molecule has 1 aliphatic heterocycles. The lowest BCUT2D eigenvalue weighted by atomic mass is 10.0. The van der Waals surface area contributed by atoms with Gasteiger partial charge < -0.3 is 19.7 Å². The number of aromatic nitrogens is 2. The molecule has 0 aromatic carbocycles. The number of amides is 1. The first kappa shape index (κ1) is 17.5. The van der Waals surface area contributed by atoms with Crippen LogP contribution in [-0.2, 0) is 9.53 Å². The normalized spacial score (nSPS) is 15.6. The van der Waals surface area contributed by atoms with Crippen molar-refractivity contribution in [3.8, 4) is 5.88 Å². The Morgan fingerprint density at radius 1 is 1.26 bits per heavy atom. The third-order valence-electron chi connectivity index (χ3n) is 4.11. The molecule has 1 N–H and O–H groups in total. The van der Waals surface area contributed by atoms with Crippen LogP contribution in [0.2, 0.25) is 0 Å². The summed E-state index contributed by atoms with van der Waals surface area (Å²) < 4.78 is 10.2. The van der Waals surface area contributed by atoms with Crippen LogP contribution in [0, 0.1) is 13.8 Å². The van der Waals surface area contributed by atoms with Crippen LogP contribution in [0.25, 0.3) is 0 Å². The van der Waals surface area contributed by atoms with Crippen LogP contribution in [0.3, 0.4) is 0 Å². The van der Waals surface area contributed by atoms with Gasteiger partial charge in [0.25, 0.3) is 0 Å². The maximum absolute atomic E-state index is 12.0. The van der Waals surface area contributed by atoms with Gasteiger partial charge in [-0.3, -0.25) is 4.79 Å². The van der Waals surface area contributed by atoms with Gasteiger partial charge in [0.1, 0.15) is 11.6 Å². The van der Waals surface area contributed by atoms with Gasteiger partial charge in [0.2, 0.25) is 11.8 Å². The number of hydrogen-bond acceptors (Lipinski definition) is 6. The minimum Gasteiger partial charge on any atom is -0.481 e. The summed E-state index contributed by atoms with van der Waals surface area (Å²) in [5, 5.41) is 3.47. The lowest BCUT2D eigenvalue weighted by Crippen LogP contribution is -2.42. The third-order valence-corrected chi connectivity index (χ3v) is 4.11. The molecule has 1 aliphatic rings. The quantitative estimate of drug-likeness (QED) is 0.856. The van der Waals surface area contributed by atoms with Crippen LogP contribution in [0.4, 0.5) is 5.82 Å². The molecule has 1 saturated heterocycles. The highest BCUT2D eigenvalue weighted by Crippen LogP contribution is 2.24. The van der Waals surface area contributed by atoms with Gasteiger partial charge in [-0.15, -0.1) is 0 Å². The van der Waals surface area contributed by atoms with Gasteiger partial charge in [0, 0.05) is 26.2 Å². The van der Waals surface area contributed by atoms with E-state index < -0.39 is 0 Å². The monoisotopic (exact) mass is 322 g/mol. The van der Waals surface area contributed by atoms with Crippen LogP contribution < -0.4 is 10.1 Å². The molecule has 7 heteroatoms. The van der Waals surface area contributed by atoms with Crippen molar-refractivity contribution in [1.29, 1.82) is 0 Å². The zero-order valence-corrected chi connectivity index (χ0v) is 14.4. The van der Waals surface area contributed by atoms with Gasteiger partial charge in [-0.1, -0.05) is 0 Å². The number of ether oxygens (including phenoxy) is 2. The smallest absolute Gasteiger partial charge is 0.224 e. The molecular weight excluding hydrogens is 296 g/mol. The summed E-state index contributed by atoms with van der Waals surface area (Å²) in [5.74, 6) is 2.27. The fraction of sp³-hybridized carbons (Fsp3) is 0.688. The highest BCUT2D eigenvalue weighted by Gasteiger charge is 2.23. The van der Waals surface area contributed by atoms with E-state index in [0.29, 0.717) is 30.8 Å². The number of likely N-dealkylation sites (tertiary alicyclic amines) is 1. The topological polar surface area (TPSA) is 76.6 Å². The van der Waals surface area contributed by atoms with Gasteiger partial charge in [-0.05, 0) is 26.7 Å². The second-order valence-corrected chi connectivity index (χ2v) is 5.80. The highest BCUT2D eigenvalue weighted by molar-refractivity contribution is 5.76. The molecule has 1 aromatic rings. The molecule has 1 aromatic heterocycles. The van der Waals surface area contributed by atoms with Gasteiger partial charge in [0.15, 0.2) is 0 Å². The molecule has 2 rings (SSSR count). The molecule has 0 unspecified atom stereocenters. The van der Waals surface area contributed by atoms with E-state index >= 15 is 0 Å². The molecule has 0 saturated carbocycles.